The molecular weight excluding hydrogens is 239 g/mol. The molecule has 94 valence electrons. The molecule has 7 heteroatoms. The molecule has 0 fully saturated rings. The minimum atomic E-state index is -0.669. The third-order valence-corrected chi connectivity index (χ3v) is 2.48. The van der Waals surface area contributed by atoms with Crippen molar-refractivity contribution in [3.63, 3.8) is 0 Å². The molecule has 0 atom stereocenters. The van der Waals surface area contributed by atoms with E-state index < -0.39 is 10.7 Å². The van der Waals surface area contributed by atoms with E-state index in [1.165, 1.54) is 18.5 Å². The van der Waals surface area contributed by atoms with Gasteiger partial charge in [-0.1, -0.05) is 0 Å². The van der Waals surface area contributed by atoms with E-state index in [0.29, 0.717) is 11.4 Å². The summed E-state index contributed by atoms with van der Waals surface area (Å²) in [6.45, 7) is 3.83. The summed E-state index contributed by atoms with van der Waals surface area (Å²) in [5.74, 6) is -0.259. The largest absolute Gasteiger partial charge is 0.311 e. The first-order valence-corrected chi connectivity index (χ1v) is 5.34. The molecule has 0 unspecified atom stereocenters. The van der Waals surface area contributed by atoms with Crippen LogP contribution < -0.4 is 0 Å². The molecule has 0 radical (unpaired) electrons. The second-order valence-electron chi connectivity index (χ2n) is 4.11. The number of halogens is 1. The van der Waals surface area contributed by atoms with Crippen LogP contribution in [0.25, 0.3) is 11.4 Å². The molecule has 6 nitrogen and oxygen atoms in total. The van der Waals surface area contributed by atoms with Gasteiger partial charge in [0.25, 0.3) is 5.69 Å². The average molecular weight is 250 g/mol. The van der Waals surface area contributed by atoms with Crippen molar-refractivity contribution in [1.29, 1.82) is 0 Å². The number of nitrogens with zero attached hydrogens (tertiary/aromatic N) is 4. The van der Waals surface area contributed by atoms with Crippen molar-refractivity contribution in [2.75, 3.05) is 0 Å². The van der Waals surface area contributed by atoms with E-state index in [4.69, 9.17) is 0 Å². The molecule has 1 aromatic heterocycles. The lowest BCUT2D eigenvalue weighted by atomic mass is 10.1. The SMILES string of the molecule is CC(C)n1cnnc1-c1cc(F)cc([N+](=O)[O-])c1. The van der Waals surface area contributed by atoms with E-state index in [0.717, 1.165) is 6.07 Å². The molecule has 0 saturated heterocycles. The van der Waals surface area contributed by atoms with E-state index in [2.05, 4.69) is 10.2 Å². The summed E-state index contributed by atoms with van der Waals surface area (Å²) in [7, 11) is 0. The first kappa shape index (κ1) is 12.2. The Morgan fingerprint density at radius 2 is 2.11 bits per heavy atom. The Balaban J connectivity index is 2.57. The Morgan fingerprint density at radius 3 is 2.72 bits per heavy atom. The highest BCUT2D eigenvalue weighted by atomic mass is 19.1. The maximum absolute atomic E-state index is 13.4. The molecule has 0 N–H and O–H groups in total. The second-order valence-corrected chi connectivity index (χ2v) is 4.11. The number of benzene rings is 1. The van der Waals surface area contributed by atoms with Crippen LogP contribution in [0.1, 0.15) is 19.9 Å². The van der Waals surface area contributed by atoms with Gasteiger partial charge in [-0.3, -0.25) is 10.1 Å². The van der Waals surface area contributed by atoms with Crippen LogP contribution in [0.15, 0.2) is 24.5 Å². The Kier molecular flexibility index (Phi) is 3.05. The van der Waals surface area contributed by atoms with Crippen molar-refractivity contribution in [2.45, 2.75) is 19.9 Å². The monoisotopic (exact) mass is 250 g/mol. The predicted octanol–water partition coefficient (Wildman–Crippen LogP) is 2.57. The predicted molar refractivity (Wildman–Crippen MR) is 62.5 cm³/mol. The summed E-state index contributed by atoms with van der Waals surface area (Å²) in [5, 5.41) is 18.3. The van der Waals surface area contributed by atoms with Gasteiger partial charge in [-0.05, 0) is 19.9 Å². The third kappa shape index (κ3) is 2.20. The van der Waals surface area contributed by atoms with Gasteiger partial charge in [-0.25, -0.2) is 4.39 Å². The van der Waals surface area contributed by atoms with Gasteiger partial charge in [-0.15, -0.1) is 10.2 Å². The highest BCUT2D eigenvalue weighted by Gasteiger charge is 2.15. The standard InChI is InChI=1S/C11H11FN4O2/c1-7(2)15-6-13-14-11(15)8-3-9(12)5-10(4-8)16(17)18/h3-7H,1-2H3. The van der Waals surface area contributed by atoms with Crippen LogP contribution in [-0.2, 0) is 0 Å². The summed E-state index contributed by atoms with van der Waals surface area (Å²) in [4.78, 5) is 10.1. The minimum absolute atomic E-state index is 0.0809. The van der Waals surface area contributed by atoms with Gasteiger partial charge in [0, 0.05) is 17.7 Å². The molecule has 0 bridgehead atoms. The number of aromatic nitrogens is 3. The van der Waals surface area contributed by atoms with Gasteiger partial charge in [0.15, 0.2) is 5.82 Å². The van der Waals surface area contributed by atoms with Crippen molar-refractivity contribution in [3.05, 3.63) is 40.5 Å². The van der Waals surface area contributed by atoms with E-state index in [9.17, 15) is 14.5 Å². The van der Waals surface area contributed by atoms with Gasteiger partial charge in [0.05, 0.1) is 11.0 Å². The van der Waals surface area contributed by atoms with Crippen LogP contribution in [0.4, 0.5) is 10.1 Å². The van der Waals surface area contributed by atoms with Gasteiger partial charge in [0.1, 0.15) is 12.1 Å². The highest BCUT2D eigenvalue weighted by molar-refractivity contribution is 5.59. The maximum Gasteiger partial charge on any atom is 0.273 e. The van der Waals surface area contributed by atoms with Crippen LogP contribution in [0.2, 0.25) is 0 Å². The number of non-ortho nitro benzene ring substituents is 1. The summed E-state index contributed by atoms with van der Waals surface area (Å²) in [5.41, 5.74) is 0.0382. The van der Waals surface area contributed by atoms with E-state index in [1.807, 2.05) is 13.8 Å². The van der Waals surface area contributed by atoms with Crippen molar-refractivity contribution in [1.82, 2.24) is 14.8 Å². The summed E-state index contributed by atoms with van der Waals surface area (Å²) < 4.78 is 15.1. The van der Waals surface area contributed by atoms with Crippen LogP contribution in [-0.4, -0.2) is 19.7 Å². The van der Waals surface area contributed by atoms with Crippen molar-refractivity contribution in [2.24, 2.45) is 0 Å². The van der Waals surface area contributed by atoms with Crippen molar-refractivity contribution < 1.29 is 9.31 Å². The lowest BCUT2D eigenvalue weighted by Gasteiger charge is -2.09. The summed E-state index contributed by atoms with van der Waals surface area (Å²) in [6.07, 6.45) is 1.51. The third-order valence-electron chi connectivity index (χ3n) is 2.48. The summed E-state index contributed by atoms with van der Waals surface area (Å²) >= 11 is 0. The van der Waals surface area contributed by atoms with Crippen molar-refractivity contribution in [3.8, 4) is 11.4 Å². The fourth-order valence-corrected chi connectivity index (χ4v) is 1.64. The lowest BCUT2D eigenvalue weighted by Crippen LogP contribution is -2.02. The minimum Gasteiger partial charge on any atom is -0.311 e. The van der Waals surface area contributed by atoms with Gasteiger partial charge >= 0.3 is 0 Å². The molecule has 1 aromatic carbocycles. The average Bonchev–Trinajstić information content (AvgIpc) is 2.76. The molecule has 0 spiro atoms. The fourth-order valence-electron chi connectivity index (χ4n) is 1.64. The van der Waals surface area contributed by atoms with E-state index >= 15 is 0 Å². The molecule has 0 aliphatic carbocycles. The van der Waals surface area contributed by atoms with Crippen LogP contribution in [0.3, 0.4) is 0 Å². The fraction of sp³-hybridized carbons (Fsp3) is 0.273. The highest BCUT2D eigenvalue weighted by Crippen LogP contribution is 2.25. The topological polar surface area (TPSA) is 73.8 Å². The number of nitro groups is 1. The Hall–Kier alpha value is -2.31. The maximum atomic E-state index is 13.4. The molecule has 0 aliphatic rings. The molecule has 0 saturated carbocycles. The molecule has 2 rings (SSSR count). The number of hydrogen-bond donors (Lipinski definition) is 0. The van der Waals surface area contributed by atoms with Crippen LogP contribution >= 0.6 is 0 Å². The molecular formula is C11H11FN4O2. The van der Waals surface area contributed by atoms with Gasteiger partial charge < -0.3 is 4.57 Å². The Labute approximate surface area is 102 Å². The molecule has 1 heterocycles. The lowest BCUT2D eigenvalue weighted by molar-refractivity contribution is -0.385. The Bertz CT molecular complexity index is 594. The molecule has 0 amide bonds. The number of nitro benzene ring substituents is 1. The molecule has 0 aliphatic heterocycles. The van der Waals surface area contributed by atoms with Gasteiger partial charge in [-0.2, -0.15) is 0 Å². The van der Waals surface area contributed by atoms with Crippen LogP contribution in [0, 0.1) is 15.9 Å². The second kappa shape index (κ2) is 4.52. The Morgan fingerprint density at radius 1 is 1.39 bits per heavy atom. The van der Waals surface area contributed by atoms with Crippen LogP contribution in [0.5, 0.6) is 0 Å². The van der Waals surface area contributed by atoms with Crippen molar-refractivity contribution >= 4 is 5.69 Å². The number of hydrogen-bond acceptors (Lipinski definition) is 4. The van der Waals surface area contributed by atoms with E-state index in [-0.39, 0.29) is 11.7 Å². The molecule has 18 heavy (non-hydrogen) atoms. The zero-order chi connectivity index (χ0) is 13.3. The first-order chi connectivity index (χ1) is 8.49. The summed E-state index contributed by atoms with van der Waals surface area (Å²) in [6, 6.07) is 3.44. The normalized spacial score (nSPS) is 10.9. The first-order valence-electron chi connectivity index (χ1n) is 5.34. The quantitative estimate of drug-likeness (QED) is 0.619. The zero-order valence-corrected chi connectivity index (χ0v) is 9.87. The zero-order valence-electron chi connectivity index (χ0n) is 9.87. The van der Waals surface area contributed by atoms with Gasteiger partial charge in [0.2, 0.25) is 0 Å². The smallest absolute Gasteiger partial charge is 0.273 e. The van der Waals surface area contributed by atoms with E-state index in [1.54, 1.807) is 4.57 Å². The number of rotatable bonds is 3. The molecule has 2 aromatic rings.